The van der Waals surface area contributed by atoms with Crippen molar-refractivity contribution in [1.29, 1.82) is 0 Å². The number of imidazole rings is 1. The van der Waals surface area contributed by atoms with Gasteiger partial charge in [-0.3, -0.25) is 0 Å². The molecule has 0 unspecified atom stereocenters. The van der Waals surface area contributed by atoms with E-state index in [0.717, 1.165) is 13.8 Å². The minimum absolute atomic E-state index is 0.0743. The van der Waals surface area contributed by atoms with Crippen molar-refractivity contribution in [2.24, 2.45) is 0 Å². The third kappa shape index (κ3) is 3.07. The number of fused-ring (bicyclic) bond motifs is 3. The lowest BCUT2D eigenvalue weighted by Crippen LogP contribution is -2.31. The van der Waals surface area contributed by atoms with Gasteiger partial charge in [0.05, 0.1) is 18.0 Å². The number of aromatic nitrogens is 2. The van der Waals surface area contributed by atoms with E-state index in [9.17, 15) is 17.6 Å². The Kier molecular flexibility index (Phi) is 4.51. The fourth-order valence-corrected chi connectivity index (χ4v) is 3.35. The molecule has 0 saturated heterocycles. The Balaban J connectivity index is 2.03. The Morgan fingerprint density at radius 2 is 2.08 bits per heavy atom. The number of benzene rings is 1. The second-order valence-electron chi connectivity index (χ2n) is 6.28. The molecule has 0 amide bonds. The molecule has 0 atom stereocenters. The van der Waals surface area contributed by atoms with Crippen molar-refractivity contribution in [3.63, 3.8) is 0 Å². The first kappa shape index (κ1) is 18.4. The van der Waals surface area contributed by atoms with Crippen LogP contribution in [0.5, 0.6) is 5.75 Å². The Bertz CT molecular complexity index is 960. The van der Waals surface area contributed by atoms with Crippen LogP contribution in [0, 0.1) is 0 Å². The molecule has 0 spiro atoms. The fourth-order valence-electron chi connectivity index (χ4n) is 2.76. The molecule has 0 fully saturated rings. The highest BCUT2D eigenvalue weighted by atomic mass is 32.2. The first-order valence-corrected chi connectivity index (χ1v) is 9.55. The number of halogens is 1. The number of ether oxygens (including phenoxy) is 1. The summed E-state index contributed by atoms with van der Waals surface area (Å²) in [6.45, 7) is 3.82. The molecule has 0 aliphatic carbocycles. The van der Waals surface area contributed by atoms with Gasteiger partial charge in [0.15, 0.2) is 5.69 Å². The van der Waals surface area contributed by atoms with Gasteiger partial charge in [0.1, 0.15) is 12.1 Å². The van der Waals surface area contributed by atoms with Crippen LogP contribution in [0.3, 0.4) is 0 Å². The highest BCUT2D eigenvalue weighted by Gasteiger charge is 2.37. The van der Waals surface area contributed by atoms with E-state index in [1.165, 1.54) is 12.4 Å². The van der Waals surface area contributed by atoms with E-state index in [-0.39, 0.29) is 18.1 Å². The van der Waals surface area contributed by atoms with Gasteiger partial charge >= 0.3 is 16.1 Å². The van der Waals surface area contributed by atoms with Gasteiger partial charge in [0, 0.05) is 5.56 Å². The number of hydrogen-bond donors (Lipinski definition) is 0. The number of hydrogen-bond acceptors (Lipinski definition) is 6. The molecule has 0 bridgehead atoms. The number of nitrogens with zero attached hydrogens (tertiary/aromatic N) is 2. The van der Waals surface area contributed by atoms with Crippen LogP contribution in [0.4, 0.5) is 4.39 Å². The fraction of sp³-hybridized carbons (Fsp3) is 0.412. The molecule has 2 heterocycles. The normalized spacial score (nSPS) is 13.7. The lowest BCUT2D eigenvalue weighted by Gasteiger charge is -2.23. The van der Waals surface area contributed by atoms with Crippen molar-refractivity contribution in [1.82, 2.24) is 9.55 Å². The average molecular weight is 382 g/mol. The van der Waals surface area contributed by atoms with E-state index in [1.807, 2.05) is 0 Å². The molecule has 1 aromatic carbocycles. The zero-order valence-electron chi connectivity index (χ0n) is 14.7. The maximum absolute atomic E-state index is 13.9. The molecular weight excluding hydrogens is 363 g/mol. The van der Waals surface area contributed by atoms with Gasteiger partial charge in [0.2, 0.25) is 5.00 Å². The summed E-state index contributed by atoms with van der Waals surface area (Å²) in [5.74, 6) is -0.427. The predicted molar refractivity (Wildman–Crippen MR) is 91.7 cm³/mol. The van der Waals surface area contributed by atoms with Gasteiger partial charge in [-0.1, -0.05) is 6.07 Å². The molecule has 3 rings (SSSR count). The molecule has 140 valence electrons. The molecule has 0 N–H and O–H groups in total. The van der Waals surface area contributed by atoms with Crippen LogP contribution < -0.4 is 4.18 Å². The number of alkyl halides is 1. The number of carbonyl (C=O) groups excluding carboxylic acids is 1. The SMILES string of the molecule is CCOC(=O)c1ncn2c1CCc1c(OS(=O)(=O)C(C)(C)F)cccc1-2. The van der Waals surface area contributed by atoms with Crippen LogP contribution in [0.2, 0.25) is 0 Å². The average Bonchev–Trinajstić information content (AvgIpc) is 2.98. The second kappa shape index (κ2) is 6.39. The summed E-state index contributed by atoms with van der Waals surface area (Å²) in [7, 11) is -4.44. The largest absolute Gasteiger partial charge is 0.461 e. The van der Waals surface area contributed by atoms with Crippen LogP contribution in [0.25, 0.3) is 5.69 Å². The van der Waals surface area contributed by atoms with Gasteiger partial charge < -0.3 is 13.5 Å². The van der Waals surface area contributed by atoms with Crippen LogP contribution >= 0.6 is 0 Å². The van der Waals surface area contributed by atoms with E-state index in [0.29, 0.717) is 29.8 Å². The summed E-state index contributed by atoms with van der Waals surface area (Å²) < 4.78 is 49.7. The zero-order valence-corrected chi connectivity index (χ0v) is 15.5. The lowest BCUT2D eigenvalue weighted by atomic mass is 10.00. The molecule has 1 aliphatic rings. The molecule has 0 saturated carbocycles. The van der Waals surface area contributed by atoms with Gasteiger partial charge in [0.25, 0.3) is 0 Å². The zero-order chi connectivity index (χ0) is 19.1. The first-order chi connectivity index (χ1) is 12.2. The molecular formula is C17H19FN2O5S. The maximum atomic E-state index is 13.9. The van der Waals surface area contributed by atoms with Crippen LogP contribution in [0.1, 0.15) is 42.5 Å². The second-order valence-corrected chi connectivity index (χ2v) is 8.33. The monoisotopic (exact) mass is 382 g/mol. The summed E-state index contributed by atoms with van der Waals surface area (Å²) >= 11 is 0. The lowest BCUT2D eigenvalue weighted by molar-refractivity contribution is 0.0518. The van der Waals surface area contributed by atoms with Crippen LogP contribution in [-0.4, -0.2) is 35.5 Å². The summed E-state index contributed by atoms with van der Waals surface area (Å²) in [5.41, 5.74) is 2.17. The van der Waals surface area contributed by atoms with Gasteiger partial charge in [-0.2, -0.15) is 8.42 Å². The Labute approximate surface area is 150 Å². The maximum Gasteiger partial charge on any atom is 0.358 e. The van der Waals surface area contributed by atoms with Crippen molar-refractivity contribution in [2.45, 2.75) is 38.6 Å². The smallest absolute Gasteiger partial charge is 0.358 e. The first-order valence-electron chi connectivity index (χ1n) is 8.14. The van der Waals surface area contributed by atoms with Gasteiger partial charge in [-0.15, -0.1) is 0 Å². The molecule has 0 radical (unpaired) electrons. The predicted octanol–water partition coefficient (Wildman–Crippen LogP) is 2.56. The topological polar surface area (TPSA) is 87.5 Å². The Morgan fingerprint density at radius 3 is 2.73 bits per heavy atom. The summed E-state index contributed by atoms with van der Waals surface area (Å²) in [4.78, 5) is 16.1. The van der Waals surface area contributed by atoms with Crippen molar-refractivity contribution in [3.8, 4) is 11.4 Å². The van der Waals surface area contributed by atoms with Crippen molar-refractivity contribution < 1.29 is 26.5 Å². The molecule has 2 aromatic rings. The quantitative estimate of drug-likeness (QED) is 0.583. The standard InChI is InChI=1S/C17H19FN2O5S/c1-4-24-16(21)15-13-9-8-11-12(20(13)10-19-15)6-5-7-14(11)25-26(22,23)17(2,3)18/h5-7,10H,4,8-9H2,1-3H3. The molecule has 7 nitrogen and oxygen atoms in total. The molecule has 9 heteroatoms. The third-order valence-corrected chi connectivity index (χ3v) is 5.70. The summed E-state index contributed by atoms with van der Waals surface area (Å²) in [6.07, 6.45) is 2.35. The Hall–Kier alpha value is -2.42. The number of carbonyl (C=O) groups is 1. The summed E-state index contributed by atoms with van der Waals surface area (Å²) in [5, 5.41) is -2.53. The van der Waals surface area contributed by atoms with Crippen LogP contribution in [-0.2, 0) is 27.7 Å². The van der Waals surface area contributed by atoms with E-state index in [4.69, 9.17) is 8.92 Å². The number of esters is 1. The highest BCUT2D eigenvalue weighted by Crippen LogP contribution is 2.35. The minimum Gasteiger partial charge on any atom is -0.461 e. The van der Waals surface area contributed by atoms with Gasteiger partial charge in [-0.05, 0) is 45.7 Å². The van der Waals surface area contributed by atoms with E-state index >= 15 is 0 Å². The number of rotatable bonds is 5. The molecule has 1 aliphatic heterocycles. The van der Waals surface area contributed by atoms with Crippen molar-refractivity contribution in [2.75, 3.05) is 6.61 Å². The molecule has 1 aromatic heterocycles. The third-order valence-electron chi connectivity index (χ3n) is 4.11. The van der Waals surface area contributed by atoms with E-state index < -0.39 is 21.1 Å². The minimum atomic E-state index is -4.44. The van der Waals surface area contributed by atoms with Crippen molar-refractivity contribution >= 4 is 16.1 Å². The highest BCUT2D eigenvalue weighted by molar-refractivity contribution is 7.88. The van der Waals surface area contributed by atoms with Crippen molar-refractivity contribution in [3.05, 3.63) is 41.5 Å². The molecule has 26 heavy (non-hydrogen) atoms. The van der Waals surface area contributed by atoms with E-state index in [1.54, 1.807) is 23.6 Å². The Morgan fingerprint density at radius 1 is 1.35 bits per heavy atom. The summed E-state index contributed by atoms with van der Waals surface area (Å²) in [6, 6.07) is 4.85. The van der Waals surface area contributed by atoms with Gasteiger partial charge in [-0.25, -0.2) is 14.2 Å². The van der Waals surface area contributed by atoms with Crippen LogP contribution in [0.15, 0.2) is 24.5 Å². The van der Waals surface area contributed by atoms with E-state index in [2.05, 4.69) is 4.98 Å².